The molecule has 1 unspecified atom stereocenters. The Morgan fingerprint density at radius 1 is 1.39 bits per heavy atom. The number of fused-ring (bicyclic) bond motifs is 1. The quantitative estimate of drug-likeness (QED) is 0.624. The van der Waals surface area contributed by atoms with E-state index < -0.39 is 5.92 Å². The van der Waals surface area contributed by atoms with Crippen molar-refractivity contribution in [3.8, 4) is 34.7 Å². The SMILES string of the molecule is COc1cccc(C2C(C#N)=C(N)Oc3n[nH]c(-c4cc(C)sc4C)c32)c1O. The minimum Gasteiger partial charge on any atom is -0.504 e. The molecule has 2 aromatic heterocycles. The summed E-state index contributed by atoms with van der Waals surface area (Å²) in [6.07, 6.45) is 0. The lowest BCUT2D eigenvalue weighted by Gasteiger charge is -2.25. The predicted octanol–water partition coefficient (Wildman–Crippen LogP) is 3.69. The summed E-state index contributed by atoms with van der Waals surface area (Å²) in [6.45, 7) is 4.06. The zero-order valence-corrected chi connectivity index (χ0v) is 16.3. The van der Waals surface area contributed by atoms with Gasteiger partial charge in [0.15, 0.2) is 11.5 Å². The molecule has 0 spiro atoms. The number of H-pyrrole nitrogens is 1. The number of para-hydroxylation sites is 1. The van der Waals surface area contributed by atoms with E-state index in [1.165, 1.54) is 7.11 Å². The van der Waals surface area contributed by atoms with Gasteiger partial charge < -0.3 is 20.3 Å². The van der Waals surface area contributed by atoms with Gasteiger partial charge in [0.2, 0.25) is 11.8 Å². The first-order valence-corrected chi connectivity index (χ1v) is 9.37. The Bertz CT molecular complexity index is 1150. The normalized spacial score (nSPS) is 15.7. The van der Waals surface area contributed by atoms with Gasteiger partial charge in [-0.1, -0.05) is 12.1 Å². The molecule has 8 heteroatoms. The van der Waals surface area contributed by atoms with Crippen LogP contribution in [-0.4, -0.2) is 22.4 Å². The third kappa shape index (κ3) is 2.60. The van der Waals surface area contributed by atoms with Crippen molar-refractivity contribution in [3.63, 3.8) is 0 Å². The second kappa shape index (κ2) is 6.62. The van der Waals surface area contributed by atoms with Crippen LogP contribution in [0.3, 0.4) is 0 Å². The molecule has 4 N–H and O–H groups in total. The number of nitrogens with two attached hydrogens (primary N) is 1. The summed E-state index contributed by atoms with van der Waals surface area (Å²) in [5.74, 6) is -0.111. The number of aryl methyl sites for hydroxylation is 2. The van der Waals surface area contributed by atoms with Crippen LogP contribution >= 0.6 is 11.3 Å². The number of hydrogen-bond acceptors (Lipinski definition) is 7. The molecule has 0 radical (unpaired) electrons. The monoisotopic (exact) mass is 394 g/mol. The van der Waals surface area contributed by atoms with Crippen LogP contribution in [0.5, 0.6) is 17.4 Å². The Kier molecular flexibility index (Phi) is 4.24. The standard InChI is InChI=1S/C20H18N4O3S/c1-9-7-12(10(2)28-9)17-16-15(11-5-4-6-14(26-3)18(11)25)13(8-21)19(22)27-20(16)24-23-17/h4-7,15,25H,22H2,1-3H3,(H,23,24). The highest BCUT2D eigenvalue weighted by molar-refractivity contribution is 7.12. The van der Waals surface area contributed by atoms with Crippen molar-refractivity contribution < 1.29 is 14.6 Å². The maximum absolute atomic E-state index is 10.8. The van der Waals surface area contributed by atoms with Gasteiger partial charge in [-0.25, -0.2) is 0 Å². The van der Waals surface area contributed by atoms with E-state index in [1.807, 2.05) is 13.8 Å². The zero-order valence-electron chi connectivity index (χ0n) is 15.5. The topological polar surface area (TPSA) is 117 Å². The van der Waals surface area contributed by atoms with Crippen LogP contribution in [0.2, 0.25) is 0 Å². The third-order valence-electron chi connectivity index (χ3n) is 4.81. The maximum Gasteiger partial charge on any atom is 0.244 e. The van der Waals surface area contributed by atoms with Crippen LogP contribution in [-0.2, 0) is 0 Å². The molecule has 7 nitrogen and oxygen atoms in total. The molecule has 3 heterocycles. The number of aromatic hydroxyl groups is 1. The first-order valence-electron chi connectivity index (χ1n) is 8.55. The number of aromatic amines is 1. The second-order valence-corrected chi connectivity index (χ2v) is 7.93. The number of rotatable bonds is 3. The van der Waals surface area contributed by atoms with Gasteiger partial charge in [0.1, 0.15) is 11.6 Å². The van der Waals surface area contributed by atoms with Gasteiger partial charge in [-0.2, -0.15) is 5.26 Å². The summed E-state index contributed by atoms with van der Waals surface area (Å²) in [5.41, 5.74) is 9.09. The summed E-state index contributed by atoms with van der Waals surface area (Å²) in [5, 5.41) is 27.8. The van der Waals surface area contributed by atoms with Gasteiger partial charge in [-0.3, -0.25) is 5.10 Å². The lowest BCUT2D eigenvalue weighted by Crippen LogP contribution is -2.21. The molecular weight excluding hydrogens is 376 g/mol. The minimum absolute atomic E-state index is 0.0292. The van der Waals surface area contributed by atoms with Crippen molar-refractivity contribution in [3.05, 3.63) is 56.6 Å². The summed E-state index contributed by atoms with van der Waals surface area (Å²) in [4.78, 5) is 2.27. The van der Waals surface area contributed by atoms with Crippen molar-refractivity contribution in [1.29, 1.82) is 5.26 Å². The summed E-state index contributed by atoms with van der Waals surface area (Å²) >= 11 is 1.67. The molecule has 0 saturated carbocycles. The first-order chi connectivity index (χ1) is 13.5. The van der Waals surface area contributed by atoms with Gasteiger partial charge in [0.05, 0.1) is 24.3 Å². The average molecular weight is 394 g/mol. The van der Waals surface area contributed by atoms with Crippen LogP contribution in [0.4, 0.5) is 0 Å². The maximum atomic E-state index is 10.8. The van der Waals surface area contributed by atoms with Gasteiger partial charge >= 0.3 is 0 Å². The zero-order chi connectivity index (χ0) is 20.0. The third-order valence-corrected chi connectivity index (χ3v) is 5.78. The number of nitriles is 1. The number of hydrogen-bond donors (Lipinski definition) is 3. The number of aromatic nitrogens is 2. The van der Waals surface area contributed by atoms with E-state index in [2.05, 4.69) is 22.3 Å². The van der Waals surface area contributed by atoms with E-state index in [9.17, 15) is 10.4 Å². The number of phenols is 1. The smallest absolute Gasteiger partial charge is 0.244 e. The van der Waals surface area contributed by atoms with E-state index in [0.29, 0.717) is 22.8 Å². The van der Waals surface area contributed by atoms with E-state index >= 15 is 0 Å². The van der Waals surface area contributed by atoms with E-state index in [1.54, 1.807) is 29.5 Å². The number of thiophene rings is 1. The number of benzene rings is 1. The highest BCUT2D eigenvalue weighted by atomic mass is 32.1. The minimum atomic E-state index is -0.641. The molecule has 0 aliphatic carbocycles. The largest absolute Gasteiger partial charge is 0.504 e. The van der Waals surface area contributed by atoms with Crippen LogP contribution in [0, 0.1) is 25.2 Å². The molecule has 28 heavy (non-hydrogen) atoms. The van der Waals surface area contributed by atoms with Gasteiger partial charge in [0.25, 0.3) is 0 Å². The Morgan fingerprint density at radius 3 is 2.82 bits per heavy atom. The average Bonchev–Trinajstić information content (AvgIpc) is 3.22. The fraction of sp³-hybridized carbons (Fsp3) is 0.200. The number of phenolic OH excluding ortho intramolecular Hbond substituents is 1. The molecule has 0 bridgehead atoms. The summed E-state index contributed by atoms with van der Waals surface area (Å²) in [6, 6.07) is 9.35. The van der Waals surface area contributed by atoms with Crippen molar-refractivity contribution >= 4 is 11.3 Å². The predicted molar refractivity (Wildman–Crippen MR) is 105 cm³/mol. The Morgan fingerprint density at radius 2 is 2.18 bits per heavy atom. The fourth-order valence-corrected chi connectivity index (χ4v) is 4.51. The van der Waals surface area contributed by atoms with Crippen LogP contribution < -0.4 is 15.2 Å². The van der Waals surface area contributed by atoms with E-state index in [4.69, 9.17) is 15.2 Å². The molecule has 0 amide bonds. The summed E-state index contributed by atoms with van der Waals surface area (Å²) < 4.78 is 10.9. The second-order valence-electron chi connectivity index (χ2n) is 6.47. The van der Waals surface area contributed by atoms with E-state index in [0.717, 1.165) is 21.0 Å². The Labute approximate surface area is 165 Å². The Hall–Kier alpha value is -3.44. The fourth-order valence-electron chi connectivity index (χ4n) is 3.58. The Balaban J connectivity index is 2.01. The van der Waals surface area contributed by atoms with Gasteiger partial charge in [-0.05, 0) is 26.0 Å². The van der Waals surface area contributed by atoms with E-state index in [-0.39, 0.29) is 17.2 Å². The van der Waals surface area contributed by atoms with Crippen molar-refractivity contribution in [2.75, 3.05) is 7.11 Å². The number of allylic oxidation sites excluding steroid dienone is 1. The molecule has 4 rings (SSSR count). The van der Waals surface area contributed by atoms with Crippen LogP contribution in [0.15, 0.2) is 35.7 Å². The number of ether oxygens (including phenoxy) is 2. The molecule has 3 aromatic rings. The van der Waals surface area contributed by atoms with Crippen LogP contribution in [0.1, 0.15) is 26.8 Å². The van der Waals surface area contributed by atoms with Crippen molar-refractivity contribution in [2.24, 2.45) is 5.73 Å². The highest BCUT2D eigenvalue weighted by Crippen LogP contribution is 2.50. The first kappa shape index (κ1) is 17.9. The van der Waals surface area contributed by atoms with Gasteiger partial charge in [-0.15, -0.1) is 16.4 Å². The lowest BCUT2D eigenvalue weighted by atomic mass is 9.82. The van der Waals surface area contributed by atoms with Crippen LogP contribution in [0.25, 0.3) is 11.3 Å². The molecule has 1 aliphatic heterocycles. The van der Waals surface area contributed by atoms with Crippen molar-refractivity contribution in [1.82, 2.24) is 10.2 Å². The highest BCUT2D eigenvalue weighted by Gasteiger charge is 2.37. The molecule has 1 aromatic carbocycles. The molecule has 1 atom stereocenters. The molecule has 0 saturated heterocycles. The molecule has 142 valence electrons. The number of nitrogens with zero attached hydrogens (tertiary/aromatic N) is 2. The molecular formula is C20H18N4O3S. The van der Waals surface area contributed by atoms with Gasteiger partial charge in [0, 0.05) is 20.9 Å². The number of methoxy groups -OCH3 is 1. The summed E-state index contributed by atoms with van der Waals surface area (Å²) in [7, 11) is 1.48. The van der Waals surface area contributed by atoms with Crippen molar-refractivity contribution in [2.45, 2.75) is 19.8 Å². The molecule has 0 fully saturated rings. The molecule has 1 aliphatic rings. The lowest BCUT2D eigenvalue weighted by molar-refractivity contribution is 0.364. The number of nitrogens with one attached hydrogen (secondary N) is 1.